The number of rotatable bonds is 8. The summed E-state index contributed by atoms with van der Waals surface area (Å²) in [5.41, 5.74) is 2.60. The Morgan fingerprint density at radius 1 is 1.21 bits per heavy atom. The van der Waals surface area contributed by atoms with Crippen molar-refractivity contribution in [1.82, 2.24) is 0 Å². The third-order valence-electron chi connectivity index (χ3n) is 4.16. The Morgan fingerprint density at radius 2 is 2.04 bits per heavy atom. The Hall–Kier alpha value is -2.30. The van der Waals surface area contributed by atoms with Crippen LogP contribution in [0, 0.1) is 11.3 Å². The van der Waals surface area contributed by atoms with Crippen molar-refractivity contribution in [2.45, 2.75) is 17.4 Å². The topological polar surface area (TPSA) is 71.3 Å². The van der Waals surface area contributed by atoms with E-state index in [2.05, 4.69) is 23.5 Å². The molecule has 0 atom stereocenters. The van der Waals surface area contributed by atoms with E-state index in [0.29, 0.717) is 41.1 Å². The number of carbonyl (C=O) groups is 1. The molecule has 0 aliphatic carbocycles. The summed E-state index contributed by atoms with van der Waals surface area (Å²) in [4.78, 5) is 12.2. The number of carbonyl (C=O) groups excluding carboxylic acids is 1. The monoisotopic (exact) mass is 414 g/mol. The van der Waals surface area contributed by atoms with Gasteiger partial charge in [-0.25, -0.2) is 0 Å². The van der Waals surface area contributed by atoms with Crippen LogP contribution in [0.25, 0.3) is 0 Å². The molecule has 3 rings (SSSR count). The molecule has 1 aliphatic heterocycles. The number of nitriles is 1. The third-order valence-corrected chi connectivity index (χ3v) is 7.27. The fourth-order valence-electron chi connectivity index (χ4n) is 2.81. The molecular weight excluding hydrogens is 392 g/mol. The van der Waals surface area contributed by atoms with Crippen molar-refractivity contribution in [2.75, 3.05) is 30.5 Å². The van der Waals surface area contributed by atoms with Crippen LogP contribution in [-0.2, 0) is 4.79 Å². The highest BCUT2D eigenvalue weighted by molar-refractivity contribution is 8.19. The fourth-order valence-corrected chi connectivity index (χ4v) is 5.65. The highest BCUT2D eigenvalue weighted by Crippen LogP contribution is 2.45. The number of nitrogens with zero attached hydrogens (tertiary/aromatic N) is 1. The van der Waals surface area contributed by atoms with E-state index in [-0.39, 0.29) is 5.91 Å². The van der Waals surface area contributed by atoms with Gasteiger partial charge in [0.15, 0.2) is 11.5 Å². The first kappa shape index (κ1) is 20.4. The number of benzene rings is 2. The van der Waals surface area contributed by atoms with E-state index in [1.54, 1.807) is 18.2 Å². The molecular formula is C21H22N2O3S2. The molecule has 5 nitrogen and oxygen atoms in total. The normalized spacial score (nSPS) is 13.7. The quantitative estimate of drug-likeness (QED) is 0.623. The second-order valence-electron chi connectivity index (χ2n) is 6.18. The number of anilines is 1. The molecule has 1 amide bonds. The van der Waals surface area contributed by atoms with Gasteiger partial charge in [0.05, 0.1) is 29.9 Å². The van der Waals surface area contributed by atoms with E-state index >= 15 is 0 Å². The molecule has 1 fully saturated rings. The maximum Gasteiger partial charge on any atom is 0.224 e. The van der Waals surface area contributed by atoms with Crippen LogP contribution in [0.3, 0.4) is 0 Å². The maximum absolute atomic E-state index is 12.2. The van der Waals surface area contributed by atoms with Gasteiger partial charge in [0.2, 0.25) is 5.91 Å². The highest BCUT2D eigenvalue weighted by atomic mass is 32.2. The summed E-state index contributed by atoms with van der Waals surface area (Å²) in [6.45, 7) is 0.394. The van der Waals surface area contributed by atoms with Gasteiger partial charge in [0.1, 0.15) is 0 Å². The zero-order valence-electron chi connectivity index (χ0n) is 15.6. The molecule has 2 aromatic carbocycles. The van der Waals surface area contributed by atoms with Gasteiger partial charge in [-0.15, -0.1) is 23.5 Å². The van der Waals surface area contributed by atoms with Crippen molar-refractivity contribution in [3.8, 4) is 17.6 Å². The van der Waals surface area contributed by atoms with Gasteiger partial charge in [-0.1, -0.05) is 12.1 Å². The van der Waals surface area contributed by atoms with Crippen LogP contribution in [0.2, 0.25) is 0 Å². The van der Waals surface area contributed by atoms with Gasteiger partial charge < -0.3 is 14.8 Å². The molecule has 0 unspecified atom stereocenters. The smallest absolute Gasteiger partial charge is 0.224 e. The lowest BCUT2D eigenvalue weighted by Crippen LogP contribution is -2.13. The molecule has 0 bridgehead atoms. The Bertz CT molecular complexity index is 861. The highest BCUT2D eigenvalue weighted by Gasteiger charge is 2.18. The van der Waals surface area contributed by atoms with Gasteiger partial charge >= 0.3 is 0 Å². The summed E-state index contributed by atoms with van der Waals surface area (Å²) < 4.78 is 11.4. The summed E-state index contributed by atoms with van der Waals surface area (Å²) in [6.07, 6.45) is 0.957. The second kappa shape index (κ2) is 10.3. The molecule has 1 saturated heterocycles. The zero-order valence-corrected chi connectivity index (χ0v) is 17.3. The van der Waals surface area contributed by atoms with E-state index in [0.717, 1.165) is 5.69 Å². The molecule has 2 aromatic rings. The Morgan fingerprint density at radius 3 is 2.79 bits per heavy atom. The molecule has 0 saturated carbocycles. The SMILES string of the molecule is COc1cc(C#N)ccc1OCCCC(=O)Nc1cccc(C2SCCS2)c1. The number of ether oxygens (including phenoxy) is 2. The van der Waals surface area contributed by atoms with Crippen LogP contribution in [0.15, 0.2) is 42.5 Å². The van der Waals surface area contributed by atoms with Crippen molar-refractivity contribution in [3.63, 3.8) is 0 Å². The minimum Gasteiger partial charge on any atom is -0.493 e. The van der Waals surface area contributed by atoms with Gasteiger partial charge in [0.25, 0.3) is 0 Å². The van der Waals surface area contributed by atoms with Crippen LogP contribution in [0.1, 0.15) is 28.6 Å². The van der Waals surface area contributed by atoms with Gasteiger partial charge in [-0.3, -0.25) is 4.79 Å². The van der Waals surface area contributed by atoms with Gasteiger partial charge in [0, 0.05) is 29.7 Å². The zero-order chi connectivity index (χ0) is 19.8. The van der Waals surface area contributed by atoms with Crippen LogP contribution in [0.4, 0.5) is 5.69 Å². The van der Waals surface area contributed by atoms with Crippen LogP contribution in [0.5, 0.6) is 11.5 Å². The fraction of sp³-hybridized carbons (Fsp3) is 0.333. The Balaban J connectivity index is 1.45. The van der Waals surface area contributed by atoms with Crippen molar-refractivity contribution in [3.05, 3.63) is 53.6 Å². The van der Waals surface area contributed by atoms with Crippen molar-refractivity contribution in [2.24, 2.45) is 0 Å². The van der Waals surface area contributed by atoms with Crippen molar-refractivity contribution < 1.29 is 14.3 Å². The number of hydrogen-bond acceptors (Lipinski definition) is 6. The molecule has 0 spiro atoms. The first-order chi connectivity index (χ1) is 13.7. The molecule has 1 heterocycles. The lowest BCUT2D eigenvalue weighted by atomic mass is 10.2. The molecule has 28 heavy (non-hydrogen) atoms. The van der Waals surface area contributed by atoms with E-state index in [1.165, 1.54) is 24.2 Å². The summed E-state index contributed by atoms with van der Waals surface area (Å²) in [7, 11) is 1.54. The summed E-state index contributed by atoms with van der Waals surface area (Å²) in [5, 5.41) is 11.9. The summed E-state index contributed by atoms with van der Waals surface area (Å²) >= 11 is 3.90. The van der Waals surface area contributed by atoms with Crippen LogP contribution in [-0.4, -0.2) is 31.1 Å². The summed E-state index contributed by atoms with van der Waals surface area (Å²) in [5.74, 6) is 3.41. The average molecular weight is 415 g/mol. The molecule has 0 radical (unpaired) electrons. The molecule has 0 aromatic heterocycles. The van der Waals surface area contributed by atoms with Crippen LogP contribution >= 0.6 is 23.5 Å². The Labute approximate surface area is 173 Å². The average Bonchev–Trinajstić information content (AvgIpc) is 3.26. The molecule has 7 heteroatoms. The number of nitrogens with one attached hydrogen (secondary N) is 1. The van der Waals surface area contributed by atoms with E-state index in [1.807, 2.05) is 35.7 Å². The Kier molecular flexibility index (Phi) is 7.52. The lowest BCUT2D eigenvalue weighted by Gasteiger charge is -2.12. The first-order valence-corrected chi connectivity index (χ1v) is 11.1. The maximum atomic E-state index is 12.2. The van der Waals surface area contributed by atoms with Gasteiger partial charge in [-0.05, 0) is 36.2 Å². The standard InChI is InChI=1S/C21H22N2O3S2/c1-25-19-12-15(14-22)7-8-18(19)26-9-3-6-20(24)23-17-5-2-4-16(13-17)21-27-10-11-28-21/h2,4-5,7-8,12-13,21H,3,6,9-11H2,1H3,(H,23,24). The van der Waals surface area contributed by atoms with Gasteiger partial charge in [-0.2, -0.15) is 5.26 Å². The number of methoxy groups -OCH3 is 1. The predicted molar refractivity (Wildman–Crippen MR) is 115 cm³/mol. The molecule has 146 valence electrons. The number of thioether (sulfide) groups is 2. The molecule has 1 aliphatic rings. The van der Waals surface area contributed by atoms with Crippen molar-refractivity contribution >= 4 is 35.1 Å². The second-order valence-corrected chi connectivity index (χ2v) is 8.90. The largest absolute Gasteiger partial charge is 0.493 e. The minimum atomic E-state index is -0.0285. The van der Waals surface area contributed by atoms with Crippen LogP contribution < -0.4 is 14.8 Å². The van der Waals surface area contributed by atoms with E-state index in [9.17, 15) is 4.79 Å². The van der Waals surface area contributed by atoms with E-state index < -0.39 is 0 Å². The summed E-state index contributed by atoms with van der Waals surface area (Å²) in [6, 6.07) is 15.2. The van der Waals surface area contributed by atoms with Crippen molar-refractivity contribution in [1.29, 1.82) is 5.26 Å². The molecule has 1 N–H and O–H groups in total. The number of hydrogen-bond donors (Lipinski definition) is 1. The minimum absolute atomic E-state index is 0.0285. The first-order valence-electron chi connectivity index (χ1n) is 9.03. The number of amides is 1. The predicted octanol–water partition coefficient (Wildman–Crippen LogP) is 4.84. The van der Waals surface area contributed by atoms with E-state index in [4.69, 9.17) is 14.7 Å². The lowest BCUT2D eigenvalue weighted by molar-refractivity contribution is -0.116. The third kappa shape index (κ3) is 5.60.